The van der Waals surface area contributed by atoms with Gasteiger partial charge in [-0.25, -0.2) is 4.79 Å². The van der Waals surface area contributed by atoms with Crippen LogP contribution in [0.4, 0.5) is 0 Å². The van der Waals surface area contributed by atoms with Gasteiger partial charge in [0.1, 0.15) is 5.75 Å². The Kier molecular flexibility index (Phi) is 4.19. The van der Waals surface area contributed by atoms with Gasteiger partial charge in [-0.05, 0) is 29.8 Å². The van der Waals surface area contributed by atoms with E-state index in [1.165, 1.54) is 4.90 Å². The molecule has 0 bridgehead atoms. The highest BCUT2D eigenvalue weighted by molar-refractivity contribution is 6.01. The average Bonchev–Trinajstić information content (AvgIpc) is 2.88. The van der Waals surface area contributed by atoms with Crippen LogP contribution in [0.5, 0.6) is 5.75 Å². The summed E-state index contributed by atoms with van der Waals surface area (Å²) < 4.78 is 5.25. The first-order valence-corrected chi connectivity index (χ1v) is 7.33. The molecule has 2 amide bonds. The van der Waals surface area contributed by atoms with Crippen LogP contribution >= 0.6 is 0 Å². The van der Waals surface area contributed by atoms with Crippen molar-refractivity contribution in [2.75, 3.05) is 0 Å². The van der Waals surface area contributed by atoms with Gasteiger partial charge < -0.3 is 4.74 Å². The Hall–Kier alpha value is -2.95. The second-order valence-corrected chi connectivity index (χ2v) is 5.27. The Morgan fingerprint density at radius 1 is 0.913 bits per heavy atom. The molecule has 0 radical (unpaired) electrons. The third kappa shape index (κ3) is 3.45. The van der Waals surface area contributed by atoms with E-state index < -0.39 is 5.97 Å². The maximum atomic E-state index is 12.0. The Bertz CT molecular complexity index is 721. The summed E-state index contributed by atoms with van der Waals surface area (Å²) >= 11 is 0. The smallest absolute Gasteiger partial charge is 0.343 e. The summed E-state index contributed by atoms with van der Waals surface area (Å²) in [5, 5.41) is 0. The maximum Gasteiger partial charge on any atom is 0.343 e. The highest BCUT2D eigenvalue weighted by Crippen LogP contribution is 2.17. The van der Waals surface area contributed by atoms with Crippen LogP contribution in [0.3, 0.4) is 0 Å². The highest BCUT2D eigenvalue weighted by Gasteiger charge is 2.28. The first-order valence-electron chi connectivity index (χ1n) is 7.33. The zero-order valence-corrected chi connectivity index (χ0v) is 12.4. The van der Waals surface area contributed by atoms with Crippen molar-refractivity contribution in [3.8, 4) is 5.75 Å². The second-order valence-electron chi connectivity index (χ2n) is 5.27. The fourth-order valence-electron chi connectivity index (χ4n) is 2.38. The molecule has 1 fully saturated rings. The first-order chi connectivity index (χ1) is 11.1. The summed E-state index contributed by atoms with van der Waals surface area (Å²) in [5.41, 5.74) is 1.21. The molecule has 0 saturated carbocycles. The summed E-state index contributed by atoms with van der Waals surface area (Å²) in [6.45, 7) is 0.242. The number of hydrogen-bond donors (Lipinski definition) is 0. The number of amides is 2. The average molecular weight is 309 g/mol. The second kappa shape index (κ2) is 6.44. The van der Waals surface area contributed by atoms with E-state index in [9.17, 15) is 14.4 Å². The van der Waals surface area contributed by atoms with Crippen molar-refractivity contribution in [2.45, 2.75) is 19.4 Å². The Balaban J connectivity index is 1.66. The van der Waals surface area contributed by atoms with E-state index in [1.807, 2.05) is 6.07 Å². The van der Waals surface area contributed by atoms with Gasteiger partial charge in [0, 0.05) is 12.8 Å². The van der Waals surface area contributed by atoms with E-state index in [0.717, 1.165) is 5.56 Å². The minimum absolute atomic E-state index is 0.150. The number of hydrogen-bond acceptors (Lipinski definition) is 4. The lowest BCUT2D eigenvalue weighted by atomic mass is 10.1. The molecule has 0 unspecified atom stereocenters. The molecule has 1 aliphatic heterocycles. The monoisotopic (exact) mass is 309 g/mol. The van der Waals surface area contributed by atoms with E-state index in [1.54, 1.807) is 48.5 Å². The van der Waals surface area contributed by atoms with Crippen molar-refractivity contribution in [3.63, 3.8) is 0 Å². The van der Waals surface area contributed by atoms with E-state index in [0.29, 0.717) is 11.3 Å². The van der Waals surface area contributed by atoms with Crippen LogP contribution in [-0.4, -0.2) is 22.7 Å². The summed E-state index contributed by atoms with van der Waals surface area (Å²) in [4.78, 5) is 36.5. The fourth-order valence-corrected chi connectivity index (χ4v) is 2.38. The van der Waals surface area contributed by atoms with Crippen LogP contribution < -0.4 is 4.74 Å². The number of esters is 1. The molecule has 116 valence electrons. The number of ether oxygens (including phenoxy) is 1. The van der Waals surface area contributed by atoms with Crippen LogP contribution in [0.2, 0.25) is 0 Å². The number of imide groups is 1. The zero-order chi connectivity index (χ0) is 16.2. The third-order valence-electron chi connectivity index (χ3n) is 3.64. The van der Waals surface area contributed by atoms with Crippen molar-refractivity contribution in [1.82, 2.24) is 4.90 Å². The van der Waals surface area contributed by atoms with Crippen molar-refractivity contribution in [1.29, 1.82) is 0 Å². The minimum atomic E-state index is -0.448. The fraction of sp³-hybridized carbons (Fsp3) is 0.167. The van der Waals surface area contributed by atoms with Crippen LogP contribution in [0, 0.1) is 0 Å². The largest absolute Gasteiger partial charge is 0.423 e. The summed E-state index contributed by atoms with van der Waals surface area (Å²) in [7, 11) is 0. The molecule has 1 aliphatic rings. The SMILES string of the molecule is O=C(Oc1ccccc1)c1ccc(CN2C(=O)CCC2=O)cc1. The minimum Gasteiger partial charge on any atom is -0.423 e. The molecule has 0 aromatic heterocycles. The first kappa shape index (κ1) is 15.0. The topological polar surface area (TPSA) is 63.7 Å². The van der Waals surface area contributed by atoms with Gasteiger partial charge >= 0.3 is 5.97 Å². The van der Waals surface area contributed by atoms with Crippen molar-refractivity contribution < 1.29 is 19.1 Å². The van der Waals surface area contributed by atoms with Crippen LogP contribution in [0.1, 0.15) is 28.8 Å². The van der Waals surface area contributed by atoms with Gasteiger partial charge in [0.15, 0.2) is 0 Å². The quantitative estimate of drug-likeness (QED) is 0.494. The molecule has 5 heteroatoms. The van der Waals surface area contributed by atoms with Crippen molar-refractivity contribution in [2.24, 2.45) is 0 Å². The molecule has 0 aliphatic carbocycles. The molecule has 1 saturated heterocycles. The number of benzene rings is 2. The number of rotatable bonds is 4. The number of nitrogens with zero attached hydrogens (tertiary/aromatic N) is 1. The van der Waals surface area contributed by atoms with Crippen molar-refractivity contribution in [3.05, 3.63) is 65.7 Å². The molecule has 2 aromatic rings. The molecule has 5 nitrogen and oxygen atoms in total. The summed E-state index contributed by atoms with van der Waals surface area (Å²) in [6, 6.07) is 15.5. The van der Waals surface area contributed by atoms with Gasteiger partial charge in [-0.1, -0.05) is 30.3 Å². The number of para-hydroxylation sites is 1. The highest BCUT2D eigenvalue weighted by atomic mass is 16.5. The molecule has 0 spiro atoms. The number of carbonyl (C=O) groups is 3. The maximum absolute atomic E-state index is 12.0. The molecule has 3 rings (SSSR count). The zero-order valence-electron chi connectivity index (χ0n) is 12.4. The van der Waals surface area contributed by atoms with Gasteiger partial charge in [0.05, 0.1) is 12.1 Å². The van der Waals surface area contributed by atoms with E-state index in [4.69, 9.17) is 4.74 Å². The Labute approximate surface area is 133 Å². The van der Waals surface area contributed by atoms with Crippen molar-refractivity contribution >= 4 is 17.8 Å². The normalized spacial score (nSPS) is 14.2. The van der Waals surface area contributed by atoms with E-state index in [2.05, 4.69) is 0 Å². The van der Waals surface area contributed by atoms with Gasteiger partial charge in [-0.2, -0.15) is 0 Å². The standard InChI is InChI=1S/C18H15NO4/c20-16-10-11-17(21)19(16)12-13-6-8-14(9-7-13)18(22)23-15-4-2-1-3-5-15/h1-9H,10-12H2. The lowest BCUT2D eigenvalue weighted by Gasteiger charge is -2.13. The Morgan fingerprint density at radius 2 is 1.52 bits per heavy atom. The van der Waals surface area contributed by atoms with Gasteiger partial charge in [-0.3, -0.25) is 14.5 Å². The lowest BCUT2D eigenvalue weighted by Crippen LogP contribution is -2.28. The van der Waals surface area contributed by atoms with E-state index >= 15 is 0 Å². The van der Waals surface area contributed by atoms with Gasteiger partial charge in [0.2, 0.25) is 11.8 Å². The molecule has 23 heavy (non-hydrogen) atoms. The predicted octanol–water partition coefficient (Wildman–Crippen LogP) is 2.55. The number of likely N-dealkylation sites (tertiary alicyclic amines) is 1. The summed E-state index contributed by atoms with van der Waals surface area (Å²) in [6.07, 6.45) is 0.556. The van der Waals surface area contributed by atoms with Crippen LogP contribution in [0.25, 0.3) is 0 Å². The molecular formula is C18H15NO4. The molecular weight excluding hydrogens is 294 g/mol. The van der Waals surface area contributed by atoms with Gasteiger partial charge in [-0.15, -0.1) is 0 Å². The lowest BCUT2D eigenvalue weighted by molar-refractivity contribution is -0.139. The summed E-state index contributed by atoms with van der Waals surface area (Å²) in [5.74, 6) is -0.268. The number of carbonyl (C=O) groups excluding carboxylic acids is 3. The molecule has 2 aromatic carbocycles. The van der Waals surface area contributed by atoms with Gasteiger partial charge in [0.25, 0.3) is 0 Å². The molecule has 1 heterocycles. The van der Waals surface area contributed by atoms with Crippen LogP contribution in [0.15, 0.2) is 54.6 Å². The molecule has 0 N–H and O–H groups in total. The van der Waals surface area contributed by atoms with Crippen LogP contribution in [-0.2, 0) is 16.1 Å². The Morgan fingerprint density at radius 3 is 2.13 bits per heavy atom. The predicted molar refractivity (Wildman–Crippen MR) is 82.6 cm³/mol. The molecule has 0 atom stereocenters. The third-order valence-corrected chi connectivity index (χ3v) is 3.64. The van der Waals surface area contributed by atoms with E-state index in [-0.39, 0.29) is 31.2 Å².